The van der Waals surface area contributed by atoms with E-state index in [1.54, 1.807) is 0 Å². The van der Waals surface area contributed by atoms with E-state index in [2.05, 4.69) is 62.4 Å². The van der Waals surface area contributed by atoms with Gasteiger partial charge in [0.2, 0.25) is 0 Å². The van der Waals surface area contributed by atoms with Gasteiger partial charge in [0.05, 0.1) is 0 Å². The van der Waals surface area contributed by atoms with Crippen molar-refractivity contribution in [3.8, 4) is 0 Å². The molecule has 2 aromatic carbocycles. The average Bonchev–Trinajstić information content (AvgIpc) is 2.55. The van der Waals surface area contributed by atoms with Crippen molar-refractivity contribution in [3.05, 3.63) is 81.9 Å². The maximum Gasteiger partial charge on any atom is 0.185 e. The minimum atomic E-state index is 0.206. The summed E-state index contributed by atoms with van der Waals surface area (Å²) in [6.45, 7) is 4.15. The van der Waals surface area contributed by atoms with E-state index >= 15 is 0 Å². The van der Waals surface area contributed by atoms with Crippen molar-refractivity contribution in [2.45, 2.75) is 33.1 Å². The molecule has 23 heavy (non-hydrogen) atoms. The Hall–Kier alpha value is -2.41. The number of benzene rings is 2. The molecule has 1 aliphatic rings. The van der Waals surface area contributed by atoms with E-state index in [-0.39, 0.29) is 5.78 Å². The van der Waals surface area contributed by atoms with Crippen LogP contribution in [0.1, 0.15) is 41.5 Å². The van der Waals surface area contributed by atoms with Gasteiger partial charge in [0.1, 0.15) is 0 Å². The Labute approximate surface area is 138 Å². The lowest BCUT2D eigenvalue weighted by molar-refractivity contribution is -0.112. The van der Waals surface area contributed by atoms with Gasteiger partial charge in [-0.3, -0.25) is 4.79 Å². The lowest BCUT2D eigenvalue weighted by atomic mass is 9.87. The van der Waals surface area contributed by atoms with E-state index in [0.717, 1.165) is 41.5 Å². The van der Waals surface area contributed by atoms with Crippen molar-refractivity contribution in [2.24, 2.45) is 0 Å². The maximum absolute atomic E-state index is 12.7. The lowest BCUT2D eigenvalue weighted by Gasteiger charge is -2.16. The molecule has 3 rings (SSSR count). The van der Waals surface area contributed by atoms with E-state index in [4.69, 9.17) is 0 Å². The van der Waals surface area contributed by atoms with Crippen molar-refractivity contribution >= 4 is 17.9 Å². The van der Waals surface area contributed by atoms with Crippen LogP contribution in [0.25, 0.3) is 12.2 Å². The molecule has 0 saturated heterocycles. The average molecular weight is 302 g/mol. The summed E-state index contributed by atoms with van der Waals surface area (Å²) in [4.78, 5) is 12.7. The molecule has 0 spiro atoms. The second-order valence-corrected chi connectivity index (χ2v) is 6.34. The minimum absolute atomic E-state index is 0.206. The fourth-order valence-corrected chi connectivity index (χ4v) is 2.91. The van der Waals surface area contributed by atoms with Crippen molar-refractivity contribution < 1.29 is 4.79 Å². The summed E-state index contributed by atoms with van der Waals surface area (Å²) < 4.78 is 0. The SMILES string of the molecule is Cc1ccc(C=C2CCCC(=Cc3ccc(C)cc3)C2=O)cc1. The molecule has 0 heterocycles. The van der Waals surface area contributed by atoms with Gasteiger partial charge >= 0.3 is 0 Å². The molecular weight excluding hydrogens is 280 g/mol. The molecule has 0 N–H and O–H groups in total. The van der Waals surface area contributed by atoms with Gasteiger partial charge in [-0.1, -0.05) is 59.7 Å². The number of hydrogen-bond acceptors (Lipinski definition) is 1. The Morgan fingerprint density at radius 2 is 1.09 bits per heavy atom. The molecular formula is C22H22O. The monoisotopic (exact) mass is 302 g/mol. The summed E-state index contributed by atoms with van der Waals surface area (Å²) in [5.41, 5.74) is 6.55. The summed E-state index contributed by atoms with van der Waals surface area (Å²) in [5, 5.41) is 0. The number of allylic oxidation sites excluding steroid dienone is 2. The number of carbonyl (C=O) groups is 1. The molecule has 0 atom stereocenters. The Kier molecular flexibility index (Phi) is 4.57. The van der Waals surface area contributed by atoms with Gasteiger partial charge in [-0.15, -0.1) is 0 Å². The molecule has 116 valence electrons. The first kappa shape index (κ1) is 15.5. The summed E-state index contributed by atoms with van der Waals surface area (Å²) >= 11 is 0. The van der Waals surface area contributed by atoms with Gasteiger partial charge < -0.3 is 0 Å². The van der Waals surface area contributed by atoms with Crippen molar-refractivity contribution in [1.82, 2.24) is 0 Å². The van der Waals surface area contributed by atoms with Crippen LogP contribution in [0.2, 0.25) is 0 Å². The largest absolute Gasteiger partial charge is 0.289 e. The van der Waals surface area contributed by atoms with Crippen molar-refractivity contribution in [1.29, 1.82) is 0 Å². The van der Waals surface area contributed by atoms with Crippen LogP contribution in [0.5, 0.6) is 0 Å². The Morgan fingerprint density at radius 3 is 1.48 bits per heavy atom. The third-order valence-corrected chi connectivity index (χ3v) is 4.31. The summed E-state index contributed by atoms with van der Waals surface area (Å²) in [6.07, 6.45) is 6.88. The summed E-state index contributed by atoms with van der Waals surface area (Å²) in [7, 11) is 0. The predicted octanol–water partition coefficient (Wildman–Crippen LogP) is 5.52. The molecule has 1 nitrogen and oxygen atoms in total. The molecule has 0 amide bonds. The Bertz CT molecular complexity index is 693. The van der Waals surface area contributed by atoms with Crippen LogP contribution >= 0.6 is 0 Å². The number of hydrogen-bond donors (Lipinski definition) is 0. The molecule has 1 fully saturated rings. The predicted molar refractivity (Wildman–Crippen MR) is 97.2 cm³/mol. The van der Waals surface area contributed by atoms with E-state index in [1.165, 1.54) is 11.1 Å². The molecule has 1 heteroatoms. The number of ketones is 1. The second kappa shape index (κ2) is 6.78. The van der Waals surface area contributed by atoms with Gasteiger partial charge in [0, 0.05) is 11.1 Å². The first-order valence-corrected chi connectivity index (χ1v) is 8.21. The van der Waals surface area contributed by atoms with Crippen LogP contribution in [0.15, 0.2) is 59.7 Å². The van der Waals surface area contributed by atoms with Gasteiger partial charge in [0.15, 0.2) is 5.78 Å². The molecule has 0 radical (unpaired) electrons. The maximum atomic E-state index is 12.7. The normalized spacial score (nSPS) is 18.6. The molecule has 1 aliphatic carbocycles. The first-order chi connectivity index (χ1) is 11.1. The van der Waals surface area contributed by atoms with E-state index in [0.29, 0.717) is 0 Å². The van der Waals surface area contributed by atoms with Crippen molar-refractivity contribution in [2.75, 3.05) is 0 Å². The quantitative estimate of drug-likeness (QED) is 0.667. The number of carbonyl (C=O) groups excluding carboxylic acids is 1. The van der Waals surface area contributed by atoms with Gasteiger partial charge in [-0.25, -0.2) is 0 Å². The Balaban J connectivity index is 1.86. The van der Waals surface area contributed by atoms with E-state index < -0.39 is 0 Å². The molecule has 0 aromatic heterocycles. The highest BCUT2D eigenvalue weighted by Crippen LogP contribution is 2.28. The van der Waals surface area contributed by atoms with Crippen LogP contribution in [0, 0.1) is 13.8 Å². The minimum Gasteiger partial charge on any atom is -0.289 e. The van der Waals surface area contributed by atoms with Crippen molar-refractivity contribution in [3.63, 3.8) is 0 Å². The first-order valence-electron chi connectivity index (χ1n) is 8.21. The van der Waals surface area contributed by atoms with Crippen LogP contribution in [0.4, 0.5) is 0 Å². The molecule has 0 bridgehead atoms. The zero-order chi connectivity index (χ0) is 16.2. The van der Waals surface area contributed by atoms with E-state index in [1.807, 2.05) is 12.2 Å². The second-order valence-electron chi connectivity index (χ2n) is 6.34. The fourth-order valence-electron chi connectivity index (χ4n) is 2.91. The standard InChI is InChI=1S/C22H22O/c1-16-6-10-18(11-7-16)14-20-4-3-5-21(22(20)23)15-19-12-8-17(2)9-13-19/h6-15H,3-5H2,1-2H3. The molecule has 0 unspecified atom stereocenters. The van der Waals surface area contributed by atoms with Crippen LogP contribution in [-0.2, 0) is 4.79 Å². The topological polar surface area (TPSA) is 17.1 Å². The number of rotatable bonds is 2. The van der Waals surface area contributed by atoms with E-state index in [9.17, 15) is 4.79 Å². The van der Waals surface area contributed by atoms with Crippen LogP contribution in [0.3, 0.4) is 0 Å². The zero-order valence-corrected chi connectivity index (χ0v) is 13.8. The van der Waals surface area contributed by atoms with Gasteiger partial charge in [-0.2, -0.15) is 0 Å². The highest BCUT2D eigenvalue weighted by Gasteiger charge is 2.20. The third-order valence-electron chi connectivity index (χ3n) is 4.31. The Morgan fingerprint density at radius 1 is 0.696 bits per heavy atom. The third kappa shape index (κ3) is 3.87. The van der Waals surface area contributed by atoms with Gasteiger partial charge in [-0.05, 0) is 56.4 Å². The molecule has 0 aliphatic heterocycles. The smallest absolute Gasteiger partial charge is 0.185 e. The highest BCUT2D eigenvalue weighted by atomic mass is 16.1. The number of Topliss-reactive ketones (excluding diaryl/α,β-unsaturated/α-hetero) is 1. The molecule has 2 aromatic rings. The van der Waals surface area contributed by atoms with Crippen LogP contribution in [-0.4, -0.2) is 5.78 Å². The zero-order valence-electron chi connectivity index (χ0n) is 13.8. The van der Waals surface area contributed by atoms with Gasteiger partial charge in [0.25, 0.3) is 0 Å². The summed E-state index contributed by atoms with van der Waals surface area (Å²) in [6, 6.07) is 16.7. The van der Waals surface area contributed by atoms with Crippen LogP contribution < -0.4 is 0 Å². The molecule has 1 saturated carbocycles. The number of aryl methyl sites for hydroxylation is 2. The lowest BCUT2D eigenvalue weighted by Crippen LogP contribution is -2.12. The summed E-state index contributed by atoms with van der Waals surface area (Å²) in [5.74, 6) is 0.206. The highest BCUT2D eigenvalue weighted by molar-refractivity contribution is 6.13. The fraction of sp³-hybridized carbons (Fsp3) is 0.227.